The lowest BCUT2D eigenvalue weighted by Gasteiger charge is -2.32. The van der Waals surface area contributed by atoms with Gasteiger partial charge in [-0.1, -0.05) is 12.1 Å². The second-order valence-corrected chi connectivity index (χ2v) is 8.58. The summed E-state index contributed by atoms with van der Waals surface area (Å²) in [5.74, 6) is -0.0447. The fraction of sp³-hybridized carbons (Fsp3) is 0.588. The molecule has 0 radical (unpaired) electrons. The van der Waals surface area contributed by atoms with Gasteiger partial charge in [-0.05, 0) is 37.1 Å². The minimum Gasteiger partial charge on any atom is -0.378 e. The minimum absolute atomic E-state index is 0.0447. The third kappa shape index (κ3) is 7.01. The fourth-order valence-electron chi connectivity index (χ4n) is 2.97. The number of sulfonamides is 1. The van der Waals surface area contributed by atoms with Gasteiger partial charge in [-0.25, -0.2) is 13.1 Å². The lowest BCUT2D eigenvalue weighted by Crippen LogP contribution is -2.49. The zero-order chi connectivity index (χ0) is 18.4. The molecule has 2 rings (SSSR count). The minimum atomic E-state index is -3.21. The highest BCUT2D eigenvalue weighted by Crippen LogP contribution is 2.12. The van der Waals surface area contributed by atoms with Gasteiger partial charge in [0.15, 0.2) is 0 Å². The Hall–Kier alpha value is -1.64. The number of carbonyl (C=O) groups excluding carboxylic acids is 1. The van der Waals surface area contributed by atoms with Crippen LogP contribution in [-0.2, 0) is 21.4 Å². The smallest absolute Gasteiger partial charge is 0.234 e. The van der Waals surface area contributed by atoms with Crippen LogP contribution >= 0.6 is 0 Å². The monoisotopic (exact) mass is 368 g/mol. The van der Waals surface area contributed by atoms with Crippen LogP contribution in [0.5, 0.6) is 0 Å². The summed E-state index contributed by atoms with van der Waals surface area (Å²) in [4.78, 5) is 16.2. The molecule has 8 heteroatoms. The molecule has 0 saturated carbocycles. The van der Waals surface area contributed by atoms with Gasteiger partial charge in [-0.3, -0.25) is 9.69 Å². The van der Waals surface area contributed by atoms with E-state index in [1.165, 1.54) is 6.26 Å². The van der Waals surface area contributed by atoms with Crippen LogP contribution in [0.15, 0.2) is 24.3 Å². The standard InChI is InChI=1S/C17H28N4O3S/c1-20(2)16-8-6-14(7-9-16)11-18-17(22)13-21-10-4-5-15(12-21)19-25(3,23)24/h6-9,15,19H,4-5,10-13H2,1-3H3,(H,18,22). The van der Waals surface area contributed by atoms with Crippen molar-refractivity contribution in [3.8, 4) is 0 Å². The van der Waals surface area contributed by atoms with Gasteiger partial charge in [0.25, 0.3) is 0 Å². The maximum Gasteiger partial charge on any atom is 0.234 e. The average molecular weight is 369 g/mol. The third-order valence-electron chi connectivity index (χ3n) is 4.20. The normalized spacial score (nSPS) is 18.8. The first-order valence-corrected chi connectivity index (χ1v) is 10.3. The molecule has 1 aliphatic rings. The van der Waals surface area contributed by atoms with E-state index in [2.05, 4.69) is 10.0 Å². The Morgan fingerprint density at radius 2 is 1.96 bits per heavy atom. The molecule has 1 atom stereocenters. The molecular weight excluding hydrogens is 340 g/mol. The summed E-state index contributed by atoms with van der Waals surface area (Å²) in [5.41, 5.74) is 2.17. The predicted molar refractivity (Wildman–Crippen MR) is 100 cm³/mol. The average Bonchev–Trinajstić information content (AvgIpc) is 2.52. The Balaban J connectivity index is 1.77. The number of benzene rings is 1. The topological polar surface area (TPSA) is 81.8 Å². The molecule has 140 valence electrons. The van der Waals surface area contributed by atoms with E-state index in [4.69, 9.17) is 0 Å². The Kier molecular flexibility index (Phi) is 6.80. The Morgan fingerprint density at radius 3 is 2.56 bits per heavy atom. The van der Waals surface area contributed by atoms with Crippen molar-refractivity contribution < 1.29 is 13.2 Å². The first kappa shape index (κ1) is 19.7. The maximum atomic E-state index is 12.2. The van der Waals surface area contributed by atoms with E-state index in [1.54, 1.807) is 0 Å². The summed E-state index contributed by atoms with van der Waals surface area (Å²) in [5, 5.41) is 2.93. The highest BCUT2D eigenvalue weighted by atomic mass is 32.2. The van der Waals surface area contributed by atoms with E-state index in [1.807, 2.05) is 48.2 Å². The number of amides is 1. The van der Waals surface area contributed by atoms with E-state index < -0.39 is 10.0 Å². The van der Waals surface area contributed by atoms with Crippen LogP contribution in [-0.4, -0.2) is 65.3 Å². The van der Waals surface area contributed by atoms with E-state index in [-0.39, 0.29) is 18.5 Å². The van der Waals surface area contributed by atoms with Crippen LogP contribution < -0.4 is 14.9 Å². The molecule has 25 heavy (non-hydrogen) atoms. The number of piperidine rings is 1. The van der Waals surface area contributed by atoms with Gasteiger partial charge in [-0.2, -0.15) is 0 Å². The van der Waals surface area contributed by atoms with Crippen LogP contribution in [0.2, 0.25) is 0 Å². The van der Waals surface area contributed by atoms with Crippen molar-refractivity contribution in [2.45, 2.75) is 25.4 Å². The van der Waals surface area contributed by atoms with Crippen molar-refractivity contribution in [3.05, 3.63) is 29.8 Å². The second-order valence-electron chi connectivity index (χ2n) is 6.80. The van der Waals surface area contributed by atoms with Gasteiger partial charge in [-0.15, -0.1) is 0 Å². The largest absolute Gasteiger partial charge is 0.378 e. The zero-order valence-corrected chi connectivity index (χ0v) is 16.0. The molecular formula is C17H28N4O3S. The SMILES string of the molecule is CN(C)c1ccc(CNC(=O)CN2CCCC(NS(C)(=O)=O)C2)cc1. The Bertz CT molecular complexity index is 674. The summed E-state index contributed by atoms with van der Waals surface area (Å²) in [6.07, 6.45) is 2.86. The number of likely N-dealkylation sites (tertiary alicyclic amines) is 1. The molecule has 0 aliphatic carbocycles. The lowest BCUT2D eigenvalue weighted by molar-refractivity contribution is -0.122. The van der Waals surface area contributed by atoms with Crippen LogP contribution in [0.4, 0.5) is 5.69 Å². The second kappa shape index (κ2) is 8.64. The van der Waals surface area contributed by atoms with Crippen LogP contribution in [0.3, 0.4) is 0 Å². The van der Waals surface area contributed by atoms with Crippen molar-refractivity contribution in [2.75, 3.05) is 44.9 Å². The molecule has 0 bridgehead atoms. The Labute approximate surface area is 150 Å². The highest BCUT2D eigenvalue weighted by Gasteiger charge is 2.23. The zero-order valence-electron chi connectivity index (χ0n) is 15.2. The van der Waals surface area contributed by atoms with Gasteiger partial charge in [0.05, 0.1) is 12.8 Å². The Morgan fingerprint density at radius 1 is 1.28 bits per heavy atom. The first-order chi connectivity index (χ1) is 11.7. The van der Waals surface area contributed by atoms with E-state index in [0.29, 0.717) is 13.1 Å². The van der Waals surface area contributed by atoms with E-state index in [9.17, 15) is 13.2 Å². The molecule has 7 nitrogen and oxygen atoms in total. The maximum absolute atomic E-state index is 12.2. The van der Waals surface area contributed by atoms with Crippen molar-refractivity contribution in [3.63, 3.8) is 0 Å². The fourth-order valence-corrected chi connectivity index (χ4v) is 3.77. The van der Waals surface area contributed by atoms with Gasteiger partial charge < -0.3 is 10.2 Å². The summed E-state index contributed by atoms with van der Waals surface area (Å²) < 4.78 is 25.3. The van der Waals surface area contributed by atoms with E-state index in [0.717, 1.165) is 30.6 Å². The molecule has 0 spiro atoms. The molecule has 2 N–H and O–H groups in total. The highest BCUT2D eigenvalue weighted by molar-refractivity contribution is 7.88. The van der Waals surface area contributed by atoms with Gasteiger partial charge >= 0.3 is 0 Å². The number of carbonyl (C=O) groups is 1. The number of nitrogens with one attached hydrogen (secondary N) is 2. The summed E-state index contributed by atoms with van der Waals surface area (Å²) in [6, 6.07) is 7.93. The number of rotatable bonds is 7. The molecule has 1 aliphatic heterocycles. The number of hydrogen-bond acceptors (Lipinski definition) is 5. The summed E-state index contributed by atoms with van der Waals surface area (Å²) >= 11 is 0. The first-order valence-electron chi connectivity index (χ1n) is 8.45. The lowest BCUT2D eigenvalue weighted by atomic mass is 10.1. The van der Waals surface area contributed by atoms with Crippen molar-refractivity contribution in [1.29, 1.82) is 0 Å². The van der Waals surface area contributed by atoms with Crippen LogP contribution in [0.1, 0.15) is 18.4 Å². The molecule has 1 saturated heterocycles. The molecule has 1 unspecified atom stereocenters. The van der Waals surface area contributed by atoms with Crippen LogP contribution in [0.25, 0.3) is 0 Å². The summed E-state index contributed by atoms with van der Waals surface area (Å²) in [6.45, 7) is 2.16. The number of hydrogen-bond donors (Lipinski definition) is 2. The van der Waals surface area contributed by atoms with Crippen molar-refractivity contribution in [2.24, 2.45) is 0 Å². The van der Waals surface area contributed by atoms with Gasteiger partial charge in [0, 0.05) is 38.9 Å². The molecule has 1 fully saturated rings. The number of anilines is 1. The summed E-state index contributed by atoms with van der Waals surface area (Å²) in [7, 11) is 0.763. The molecule has 0 aromatic heterocycles. The molecule has 1 heterocycles. The van der Waals surface area contributed by atoms with Crippen molar-refractivity contribution in [1.82, 2.24) is 14.9 Å². The van der Waals surface area contributed by atoms with Crippen LogP contribution in [0, 0.1) is 0 Å². The molecule has 1 amide bonds. The molecule has 1 aromatic carbocycles. The van der Waals surface area contributed by atoms with Crippen molar-refractivity contribution >= 4 is 21.6 Å². The number of nitrogens with zero attached hydrogens (tertiary/aromatic N) is 2. The quantitative estimate of drug-likeness (QED) is 0.727. The van der Waals surface area contributed by atoms with Gasteiger partial charge in [0.2, 0.25) is 15.9 Å². The van der Waals surface area contributed by atoms with Gasteiger partial charge in [0.1, 0.15) is 0 Å². The third-order valence-corrected chi connectivity index (χ3v) is 4.96. The molecule has 1 aromatic rings. The predicted octanol–water partition coefficient (Wildman–Crippen LogP) is 0.382. The van der Waals surface area contributed by atoms with E-state index >= 15 is 0 Å².